The number of rotatable bonds is 6. The van der Waals surface area contributed by atoms with Crippen LogP contribution in [0.5, 0.6) is 0 Å². The minimum atomic E-state index is -1.77. The molecule has 3 rings (SSSR count). The molecule has 7 atom stereocenters. The fraction of sp³-hybridized carbons (Fsp3) is 0.923. The molecule has 168 valence electrons. The lowest BCUT2D eigenvalue weighted by atomic mass is 9.66. The lowest BCUT2D eigenvalue weighted by Gasteiger charge is -2.44. The highest BCUT2D eigenvalue weighted by atomic mass is 28.4. The third-order valence-electron chi connectivity index (χ3n) is 9.58. The van der Waals surface area contributed by atoms with Crippen LogP contribution in [0, 0.1) is 23.7 Å². The van der Waals surface area contributed by atoms with E-state index in [9.17, 15) is 0 Å². The van der Waals surface area contributed by atoms with Crippen LogP contribution in [0.15, 0.2) is 11.6 Å². The van der Waals surface area contributed by atoms with Gasteiger partial charge in [0.15, 0.2) is 8.32 Å². The molecule has 2 aliphatic heterocycles. The summed E-state index contributed by atoms with van der Waals surface area (Å²) in [6.07, 6.45) is 10.4. The van der Waals surface area contributed by atoms with E-state index in [4.69, 9.17) is 9.16 Å². The highest BCUT2D eigenvalue weighted by molar-refractivity contribution is 6.74. The Balaban J connectivity index is 1.67. The lowest BCUT2D eigenvalue weighted by Crippen LogP contribution is -2.47. The largest absolute Gasteiger partial charge is 0.410 e. The van der Waals surface area contributed by atoms with Gasteiger partial charge in [0.2, 0.25) is 0 Å². The molecule has 3 heteroatoms. The van der Waals surface area contributed by atoms with Gasteiger partial charge in [0.05, 0.1) is 17.3 Å². The summed E-state index contributed by atoms with van der Waals surface area (Å²) in [5.74, 6) is 2.76. The number of allylic oxidation sites excluding steroid dienone is 1. The number of hydrogen-bond acceptors (Lipinski definition) is 2. The Bertz CT molecular complexity index is 633. The zero-order valence-electron chi connectivity index (χ0n) is 21.0. The SMILES string of the molecule is CC1=C[C@@H](O[Si](C)(C)C(C)(C)C)[C@@H]([C@@H](C)CC[C@@H]2[C@@H](C)[C@]3(C)CC[C@@]2(C)O3)CC1. The van der Waals surface area contributed by atoms with Crippen molar-refractivity contribution >= 4 is 8.32 Å². The number of ether oxygens (including phenoxy) is 1. The predicted octanol–water partition coefficient (Wildman–Crippen LogP) is 7.74. The summed E-state index contributed by atoms with van der Waals surface area (Å²) in [5.41, 5.74) is 1.77. The maximum atomic E-state index is 6.96. The topological polar surface area (TPSA) is 18.5 Å². The fourth-order valence-corrected chi connectivity index (χ4v) is 7.45. The van der Waals surface area contributed by atoms with E-state index < -0.39 is 8.32 Å². The molecule has 0 spiro atoms. The predicted molar refractivity (Wildman–Crippen MR) is 127 cm³/mol. The van der Waals surface area contributed by atoms with Crippen molar-refractivity contribution in [1.82, 2.24) is 0 Å². The maximum absolute atomic E-state index is 6.96. The first-order chi connectivity index (χ1) is 13.2. The normalized spacial score (nSPS) is 41.5. The molecule has 0 N–H and O–H groups in total. The van der Waals surface area contributed by atoms with E-state index in [0.717, 1.165) is 0 Å². The van der Waals surface area contributed by atoms with E-state index in [2.05, 4.69) is 74.6 Å². The van der Waals surface area contributed by atoms with Crippen molar-refractivity contribution < 1.29 is 9.16 Å². The minimum Gasteiger partial charge on any atom is -0.410 e. The summed E-state index contributed by atoms with van der Waals surface area (Å²) < 4.78 is 13.5. The van der Waals surface area contributed by atoms with Crippen molar-refractivity contribution in [2.24, 2.45) is 23.7 Å². The second-order valence-corrected chi connectivity index (χ2v) is 17.5. The van der Waals surface area contributed by atoms with E-state index in [0.29, 0.717) is 29.8 Å². The van der Waals surface area contributed by atoms with Gasteiger partial charge in [0, 0.05) is 0 Å². The van der Waals surface area contributed by atoms with E-state index in [1.807, 2.05) is 0 Å². The van der Waals surface area contributed by atoms with E-state index >= 15 is 0 Å². The van der Waals surface area contributed by atoms with Crippen molar-refractivity contribution in [2.45, 2.75) is 129 Å². The third-order valence-corrected chi connectivity index (χ3v) is 14.1. The molecule has 2 fully saturated rings. The highest BCUT2D eigenvalue weighted by Gasteiger charge is 2.60. The summed E-state index contributed by atoms with van der Waals surface area (Å²) in [7, 11) is -1.77. The second kappa shape index (κ2) is 7.78. The first-order valence-electron chi connectivity index (χ1n) is 12.2. The quantitative estimate of drug-likeness (QED) is 0.323. The van der Waals surface area contributed by atoms with E-state index in [-0.39, 0.29) is 16.2 Å². The molecule has 0 unspecified atom stereocenters. The Labute approximate surface area is 182 Å². The van der Waals surface area contributed by atoms with Crippen molar-refractivity contribution in [3.8, 4) is 0 Å². The van der Waals surface area contributed by atoms with Crippen LogP contribution in [-0.4, -0.2) is 25.6 Å². The first-order valence-corrected chi connectivity index (χ1v) is 15.1. The van der Waals surface area contributed by atoms with Gasteiger partial charge < -0.3 is 9.16 Å². The van der Waals surface area contributed by atoms with Crippen LogP contribution in [-0.2, 0) is 9.16 Å². The van der Waals surface area contributed by atoms with E-state index in [1.165, 1.54) is 44.1 Å². The Morgan fingerprint density at radius 3 is 2.38 bits per heavy atom. The Morgan fingerprint density at radius 1 is 1.21 bits per heavy atom. The number of fused-ring (bicyclic) bond motifs is 2. The molecule has 2 nitrogen and oxygen atoms in total. The summed E-state index contributed by atoms with van der Waals surface area (Å²) in [5, 5.41) is 0.264. The van der Waals surface area contributed by atoms with Crippen LogP contribution in [0.3, 0.4) is 0 Å². The smallest absolute Gasteiger partial charge is 0.192 e. The van der Waals surface area contributed by atoms with Crippen molar-refractivity contribution in [3.63, 3.8) is 0 Å². The van der Waals surface area contributed by atoms with Crippen LogP contribution in [0.2, 0.25) is 18.1 Å². The molecule has 0 aromatic heterocycles. The Kier molecular flexibility index (Phi) is 6.31. The third kappa shape index (κ3) is 4.43. The minimum absolute atomic E-state index is 0.119. The molecule has 0 saturated carbocycles. The molecule has 29 heavy (non-hydrogen) atoms. The molecule has 0 radical (unpaired) electrons. The summed E-state index contributed by atoms with van der Waals surface area (Å²) >= 11 is 0. The average Bonchev–Trinajstić information content (AvgIpc) is 2.99. The van der Waals surface area contributed by atoms with Crippen LogP contribution in [0.4, 0.5) is 0 Å². The Morgan fingerprint density at radius 2 is 1.83 bits per heavy atom. The van der Waals surface area contributed by atoms with Crippen molar-refractivity contribution in [2.75, 3.05) is 0 Å². The van der Waals surface area contributed by atoms with Gasteiger partial charge >= 0.3 is 0 Å². The summed E-state index contributed by atoms with van der Waals surface area (Å²) in [4.78, 5) is 0. The van der Waals surface area contributed by atoms with Crippen LogP contribution >= 0.6 is 0 Å². The van der Waals surface area contributed by atoms with Gasteiger partial charge in [-0.25, -0.2) is 0 Å². The van der Waals surface area contributed by atoms with Gasteiger partial charge in [0.25, 0.3) is 0 Å². The standard InChI is InChI=1S/C26H48O2Si/c1-18-11-13-21(23(17-18)27-29(9,10)24(4,5)6)19(2)12-14-22-20(3)25(7)15-16-26(22,8)28-25/h17,19-23H,11-16H2,1-10H3/t19-,20+,21+,22+,23+,25-,26+/m0/s1. The van der Waals surface area contributed by atoms with Gasteiger partial charge in [-0.3, -0.25) is 0 Å². The molecular weight excluding hydrogens is 372 g/mol. The van der Waals surface area contributed by atoms with Crippen molar-refractivity contribution in [3.05, 3.63) is 11.6 Å². The molecular formula is C26H48O2Si. The van der Waals surface area contributed by atoms with Crippen LogP contribution in [0.1, 0.15) is 93.9 Å². The molecule has 2 heterocycles. The highest BCUT2D eigenvalue weighted by Crippen LogP contribution is 2.58. The molecule has 2 bridgehead atoms. The zero-order chi connectivity index (χ0) is 21.8. The monoisotopic (exact) mass is 420 g/mol. The molecule has 2 saturated heterocycles. The maximum Gasteiger partial charge on any atom is 0.192 e. The molecule has 0 amide bonds. The van der Waals surface area contributed by atoms with Gasteiger partial charge in [-0.2, -0.15) is 0 Å². The van der Waals surface area contributed by atoms with Crippen LogP contribution < -0.4 is 0 Å². The van der Waals surface area contributed by atoms with E-state index in [1.54, 1.807) is 0 Å². The van der Waals surface area contributed by atoms with Gasteiger partial charge in [-0.15, -0.1) is 0 Å². The molecule has 0 aromatic rings. The summed E-state index contributed by atoms with van der Waals surface area (Å²) in [6.45, 7) is 23.8. The molecule has 0 aromatic carbocycles. The number of hydrogen-bond donors (Lipinski definition) is 0. The van der Waals surface area contributed by atoms with Gasteiger partial charge in [-0.05, 0) is 101 Å². The average molecular weight is 421 g/mol. The first kappa shape index (κ1) is 23.5. The second-order valence-electron chi connectivity index (χ2n) is 12.7. The lowest BCUT2D eigenvalue weighted by molar-refractivity contribution is -0.0434. The van der Waals surface area contributed by atoms with Gasteiger partial charge in [0.1, 0.15) is 0 Å². The zero-order valence-corrected chi connectivity index (χ0v) is 22.0. The molecule has 3 aliphatic rings. The van der Waals surface area contributed by atoms with Crippen LogP contribution in [0.25, 0.3) is 0 Å². The Hall–Kier alpha value is -0.123. The van der Waals surface area contributed by atoms with Gasteiger partial charge in [-0.1, -0.05) is 46.3 Å². The fourth-order valence-electron chi connectivity index (χ4n) is 6.17. The van der Waals surface area contributed by atoms with Crippen molar-refractivity contribution in [1.29, 1.82) is 0 Å². The summed E-state index contributed by atoms with van der Waals surface area (Å²) in [6, 6.07) is 0. The molecule has 1 aliphatic carbocycles.